The molecule has 0 radical (unpaired) electrons. The molecule has 21 heavy (non-hydrogen) atoms. The summed E-state index contributed by atoms with van der Waals surface area (Å²) in [6.45, 7) is 3.22. The van der Waals surface area contributed by atoms with Crippen LogP contribution >= 0.6 is 11.6 Å². The van der Waals surface area contributed by atoms with Gasteiger partial charge in [0.15, 0.2) is 5.78 Å². The van der Waals surface area contributed by atoms with E-state index in [1.807, 2.05) is 6.92 Å². The SMILES string of the molecule is CC(=O)c1ccc(Oc2ccc(C)cc2Cl)c([N+](=O)[O-])c1. The van der Waals surface area contributed by atoms with Crippen molar-refractivity contribution < 1.29 is 14.5 Å². The summed E-state index contributed by atoms with van der Waals surface area (Å²) >= 11 is 6.04. The Hall–Kier alpha value is -2.40. The summed E-state index contributed by atoms with van der Waals surface area (Å²) < 4.78 is 5.51. The highest BCUT2D eigenvalue weighted by Crippen LogP contribution is 2.35. The minimum Gasteiger partial charge on any atom is -0.449 e. The summed E-state index contributed by atoms with van der Waals surface area (Å²) in [6.07, 6.45) is 0. The van der Waals surface area contributed by atoms with Crippen molar-refractivity contribution in [3.63, 3.8) is 0 Å². The van der Waals surface area contributed by atoms with Crippen molar-refractivity contribution in [1.29, 1.82) is 0 Å². The maximum atomic E-state index is 11.3. The lowest BCUT2D eigenvalue weighted by atomic mass is 10.1. The van der Waals surface area contributed by atoms with Gasteiger partial charge in [0.05, 0.1) is 9.95 Å². The average Bonchev–Trinajstić information content (AvgIpc) is 2.41. The van der Waals surface area contributed by atoms with Gasteiger partial charge in [-0.1, -0.05) is 17.7 Å². The first-order chi connectivity index (χ1) is 9.88. The third-order valence-corrected chi connectivity index (χ3v) is 3.16. The molecule has 2 aromatic rings. The number of nitro benzene ring substituents is 1. The quantitative estimate of drug-likeness (QED) is 0.472. The number of rotatable bonds is 4. The first-order valence-corrected chi connectivity index (χ1v) is 6.49. The number of nitro groups is 1. The number of benzene rings is 2. The van der Waals surface area contributed by atoms with E-state index in [4.69, 9.17) is 16.3 Å². The number of halogens is 1. The summed E-state index contributed by atoms with van der Waals surface area (Å²) in [6, 6.07) is 9.20. The molecule has 0 spiro atoms. The van der Waals surface area contributed by atoms with Gasteiger partial charge in [0.1, 0.15) is 5.75 Å². The van der Waals surface area contributed by atoms with Crippen molar-refractivity contribution in [2.45, 2.75) is 13.8 Å². The van der Waals surface area contributed by atoms with Crippen LogP contribution in [-0.2, 0) is 0 Å². The molecular weight excluding hydrogens is 294 g/mol. The van der Waals surface area contributed by atoms with Gasteiger partial charge in [0, 0.05) is 11.6 Å². The first kappa shape index (κ1) is 15.0. The number of carbonyl (C=O) groups is 1. The number of ether oxygens (including phenoxy) is 1. The lowest BCUT2D eigenvalue weighted by molar-refractivity contribution is -0.385. The van der Waals surface area contributed by atoms with Crippen LogP contribution in [0.15, 0.2) is 36.4 Å². The Morgan fingerprint density at radius 3 is 2.43 bits per heavy atom. The summed E-state index contributed by atoms with van der Waals surface area (Å²) in [5, 5.41) is 11.5. The van der Waals surface area contributed by atoms with Crippen molar-refractivity contribution in [2.75, 3.05) is 0 Å². The predicted octanol–water partition coefficient (Wildman–Crippen LogP) is 4.55. The van der Waals surface area contributed by atoms with E-state index in [0.29, 0.717) is 10.8 Å². The number of nitrogens with zero attached hydrogens (tertiary/aromatic N) is 1. The van der Waals surface area contributed by atoms with Gasteiger partial charge in [-0.15, -0.1) is 0 Å². The fourth-order valence-electron chi connectivity index (χ4n) is 1.77. The third kappa shape index (κ3) is 3.38. The Morgan fingerprint density at radius 1 is 1.19 bits per heavy atom. The summed E-state index contributed by atoms with van der Waals surface area (Å²) in [5.41, 5.74) is 0.928. The highest BCUT2D eigenvalue weighted by atomic mass is 35.5. The summed E-state index contributed by atoms with van der Waals surface area (Å²) in [7, 11) is 0. The molecule has 0 aliphatic heterocycles. The van der Waals surface area contributed by atoms with Crippen LogP contribution in [0.5, 0.6) is 11.5 Å². The maximum absolute atomic E-state index is 11.3. The standard InChI is InChI=1S/C15H12ClNO4/c1-9-3-5-14(12(16)7-9)21-15-6-4-11(10(2)18)8-13(15)17(19)20/h3-8H,1-2H3. The van der Waals surface area contributed by atoms with Crippen molar-refractivity contribution in [3.05, 3.63) is 62.7 Å². The number of Topliss-reactive ketones (excluding diaryl/α,β-unsaturated/α-hetero) is 1. The molecular formula is C15H12ClNO4. The molecule has 0 atom stereocenters. The van der Waals surface area contributed by atoms with Gasteiger partial charge >= 0.3 is 5.69 Å². The Kier molecular flexibility index (Phi) is 4.23. The van der Waals surface area contributed by atoms with E-state index in [2.05, 4.69) is 0 Å². The number of ketones is 1. The fraction of sp³-hybridized carbons (Fsp3) is 0.133. The van der Waals surface area contributed by atoms with E-state index >= 15 is 0 Å². The van der Waals surface area contributed by atoms with Gasteiger partial charge in [0.25, 0.3) is 0 Å². The van der Waals surface area contributed by atoms with Crippen LogP contribution in [0, 0.1) is 17.0 Å². The largest absolute Gasteiger partial charge is 0.449 e. The molecule has 0 unspecified atom stereocenters. The second-order valence-corrected chi connectivity index (χ2v) is 4.94. The van der Waals surface area contributed by atoms with Crippen molar-refractivity contribution in [2.24, 2.45) is 0 Å². The molecule has 0 heterocycles. The smallest absolute Gasteiger partial charge is 0.312 e. The van der Waals surface area contributed by atoms with Crippen LogP contribution in [0.25, 0.3) is 0 Å². The second-order valence-electron chi connectivity index (χ2n) is 4.53. The molecule has 2 aromatic carbocycles. The molecule has 2 rings (SSSR count). The molecule has 0 N–H and O–H groups in total. The van der Waals surface area contributed by atoms with Crippen molar-refractivity contribution in [1.82, 2.24) is 0 Å². The molecule has 0 fully saturated rings. The average molecular weight is 306 g/mol. The van der Waals surface area contributed by atoms with E-state index in [0.717, 1.165) is 5.56 Å². The van der Waals surface area contributed by atoms with Crippen LogP contribution in [0.1, 0.15) is 22.8 Å². The molecule has 0 aliphatic carbocycles. The van der Waals surface area contributed by atoms with Crippen LogP contribution in [0.3, 0.4) is 0 Å². The number of aryl methyl sites for hydroxylation is 1. The molecule has 0 amide bonds. The third-order valence-electron chi connectivity index (χ3n) is 2.87. The maximum Gasteiger partial charge on any atom is 0.312 e. The van der Waals surface area contributed by atoms with E-state index in [-0.39, 0.29) is 22.8 Å². The highest BCUT2D eigenvalue weighted by Gasteiger charge is 2.19. The zero-order valence-corrected chi connectivity index (χ0v) is 12.2. The number of hydrogen-bond donors (Lipinski definition) is 0. The lowest BCUT2D eigenvalue weighted by Gasteiger charge is -2.09. The van der Waals surface area contributed by atoms with Gasteiger partial charge in [0.2, 0.25) is 5.75 Å². The van der Waals surface area contributed by atoms with Crippen LogP contribution in [0.2, 0.25) is 5.02 Å². The summed E-state index contributed by atoms with van der Waals surface area (Å²) in [5.74, 6) is 0.106. The molecule has 108 valence electrons. The van der Waals surface area contributed by atoms with Gasteiger partial charge in [-0.05, 0) is 43.7 Å². The number of hydrogen-bond acceptors (Lipinski definition) is 4. The second kappa shape index (κ2) is 5.93. The highest BCUT2D eigenvalue weighted by molar-refractivity contribution is 6.32. The van der Waals surface area contributed by atoms with Crippen LogP contribution in [-0.4, -0.2) is 10.7 Å². The van der Waals surface area contributed by atoms with E-state index in [1.165, 1.54) is 25.1 Å². The first-order valence-electron chi connectivity index (χ1n) is 6.12. The molecule has 5 nitrogen and oxygen atoms in total. The van der Waals surface area contributed by atoms with E-state index in [1.54, 1.807) is 18.2 Å². The van der Waals surface area contributed by atoms with Crippen LogP contribution < -0.4 is 4.74 Å². The van der Waals surface area contributed by atoms with E-state index in [9.17, 15) is 14.9 Å². The monoisotopic (exact) mass is 305 g/mol. The Labute approximate surface area is 126 Å². The minimum atomic E-state index is -0.593. The van der Waals surface area contributed by atoms with Crippen molar-refractivity contribution >= 4 is 23.1 Å². The van der Waals surface area contributed by atoms with Crippen molar-refractivity contribution in [3.8, 4) is 11.5 Å². The molecule has 0 bridgehead atoms. The topological polar surface area (TPSA) is 69.4 Å². The molecule has 0 saturated carbocycles. The Morgan fingerprint density at radius 2 is 1.86 bits per heavy atom. The van der Waals surface area contributed by atoms with E-state index < -0.39 is 4.92 Å². The van der Waals surface area contributed by atoms with Gasteiger partial charge in [-0.25, -0.2) is 0 Å². The molecule has 0 saturated heterocycles. The predicted molar refractivity (Wildman–Crippen MR) is 79.4 cm³/mol. The Bertz CT molecular complexity index is 728. The molecule has 6 heteroatoms. The van der Waals surface area contributed by atoms with Gasteiger partial charge in [-0.2, -0.15) is 0 Å². The Balaban J connectivity index is 2.44. The van der Waals surface area contributed by atoms with Gasteiger partial charge < -0.3 is 4.74 Å². The normalized spacial score (nSPS) is 10.2. The summed E-state index contributed by atoms with van der Waals surface area (Å²) in [4.78, 5) is 21.8. The minimum absolute atomic E-state index is 0.0377. The fourth-order valence-corrected chi connectivity index (χ4v) is 2.05. The zero-order chi connectivity index (χ0) is 15.6. The molecule has 0 aromatic heterocycles. The zero-order valence-electron chi connectivity index (χ0n) is 11.4. The van der Waals surface area contributed by atoms with Crippen LogP contribution in [0.4, 0.5) is 5.69 Å². The van der Waals surface area contributed by atoms with Gasteiger partial charge in [-0.3, -0.25) is 14.9 Å². The molecule has 0 aliphatic rings. The number of carbonyl (C=O) groups excluding carboxylic acids is 1. The lowest BCUT2D eigenvalue weighted by Crippen LogP contribution is -1.98.